The second-order valence-electron chi connectivity index (χ2n) is 6.11. The third-order valence-corrected chi connectivity index (χ3v) is 3.88. The first-order chi connectivity index (χ1) is 10.8. The summed E-state index contributed by atoms with van der Waals surface area (Å²) in [5, 5.41) is 0. The fourth-order valence-corrected chi connectivity index (χ4v) is 2.40. The zero-order valence-corrected chi connectivity index (χ0v) is 14.8. The Balaban J connectivity index is 2.40. The number of hydrogen-bond donors (Lipinski definition) is 0. The van der Waals surface area contributed by atoms with Crippen molar-refractivity contribution in [2.75, 3.05) is 13.2 Å². The molecular weight excluding hydrogens is 272 g/mol. The van der Waals surface area contributed by atoms with Crippen LogP contribution in [-0.2, 0) is 9.47 Å². The molecule has 0 bridgehead atoms. The van der Waals surface area contributed by atoms with Crippen molar-refractivity contribution >= 4 is 0 Å². The topological polar surface area (TPSA) is 18.5 Å². The minimum Gasteiger partial charge on any atom is -0.348 e. The maximum atomic E-state index is 6.00. The Morgan fingerprint density at radius 2 is 1.23 bits per heavy atom. The highest BCUT2D eigenvalue weighted by molar-refractivity contribution is 5.22. The predicted molar refractivity (Wildman–Crippen MR) is 94.1 cm³/mol. The summed E-state index contributed by atoms with van der Waals surface area (Å²) in [7, 11) is 0. The van der Waals surface area contributed by atoms with E-state index < -0.39 is 0 Å². The van der Waals surface area contributed by atoms with Crippen molar-refractivity contribution in [1.29, 1.82) is 0 Å². The van der Waals surface area contributed by atoms with Crippen molar-refractivity contribution in [3.63, 3.8) is 0 Å². The molecule has 0 unspecified atom stereocenters. The Labute approximate surface area is 137 Å². The third kappa shape index (κ3) is 8.55. The van der Waals surface area contributed by atoms with Crippen LogP contribution in [0.4, 0.5) is 0 Å². The largest absolute Gasteiger partial charge is 0.348 e. The first-order valence-electron chi connectivity index (χ1n) is 9.07. The van der Waals surface area contributed by atoms with E-state index in [0.717, 1.165) is 31.6 Å². The Bertz CT molecular complexity index is 344. The van der Waals surface area contributed by atoms with E-state index in [1.807, 2.05) is 0 Å². The average molecular weight is 306 g/mol. The lowest BCUT2D eigenvalue weighted by atomic mass is 10.1. The van der Waals surface area contributed by atoms with Crippen LogP contribution in [0.25, 0.3) is 0 Å². The Hall–Kier alpha value is -0.860. The van der Waals surface area contributed by atoms with Crippen molar-refractivity contribution < 1.29 is 9.47 Å². The van der Waals surface area contributed by atoms with E-state index in [4.69, 9.17) is 9.47 Å². The molecule has 1 aromatic rings. The van der Waals surface area contributed by atoms with Crippen LogP contribution in [0.2, 0.25) is 0 Å². The minimum atomic E-state index is -0.205. The number of hydrogen-bond acceptors (Lipinski definition) is 2. The van der Waals surface area contributed by atoms with E-state index in [1.165, 1.54) is 44.1 Å². The third-order valence-electron chi connectivity index (χ3n) is 3.88. The van der Waals surface area contributed by atoms with Gasteiger partial charge in [-0.2, -0.15) is 0 Å². The fourth-order valence-electron chi connectivity index (χ4n) is 2.40. The summed E-state index contributed by atoms with van der Waals surface area (Å²) >= 11 is 0. The van der Waals surface area contributed by atoms with Gasteiger partial charge in [0.1, 0.15) is 0 Å². The van der Waals surface area contributed by atoms with Gasteiger partial charge < -0.3 is 9.47 Å². The van der Waals surface area contributed by atoms with Gasteiger partial charge in [0.05, 0.1) is 13.2 Å². The smallest absolute Gasteiger partial charge is 0.183 e. The lowest BCUT2D eigenvalue weighted by molar-refractivity contribution is -0.148. The molecule has 1 rings (SSSR count). The predicted octanol–water partition coefficient (Wildman–Crippen LogP) is 6.19. The van der Waals surface area contributed by atoms with E-state index in [2.05, 4.69) is 45.0 Å². The van der Waals surface area contributed by atoms with Crippen LogP contribution in [-0.4, -0.2) is 13.2 Å². The summed E-state index contributed by atoms with van der Waals surface area (Å²) in [5.74, 6) is 0. The van der Waals surface area contributed by atoms with E-state index in [0.29, 0.717) is 0 Å². The standard InChI is InChI=1S/C20H34O2/c1-4-6-8-10-16-21-20(22-17-11-9-7-5-2)19-14-12-18(3)13-15-19/h12-15,20H,4-11,16-17H2,1-3H3. The quantitative estimate of drug-likeness (QED) is 0.319. The molecule has 0 aliphatic carbocycles. The van der Waals surface area contributed by atoms with Crippen molar-refractivity contribution in [3.8, 4) is 0 Å². The van der Waals surface area contributed by atoms with Crippen LogP contribution in [0.1, 0.15) is 82.6 Å². The molecule has 0 atom stereocenters. The van der Waals surface area contributed by atoms with Crippen molar-refractivity contribution in [3.05, 3.63) is 35.4 Å². The molecule has 0 radical (unpaired) electrons. The molecule has 1 aromatic carbocycles. The number of ether oxygens (including phenoxy) is 2. The summed E-state index contributed by atoms with van der Waals surface area (Å²) in [6.45, 7) is 8.14. The molecular formula is C20H34O2. The molecule has 0 saturated carbocycles. The van der Waals surface area contributed by atoms with Crippen LogP contribution in [0, 0.1) is 6.92 Å². The van der Waals surface area contributed by atoms with Gasteiger partial charge in [0.25, 0.3) is 0 Å². The molecule has 0 spiro atoms. The molecule has 0 heterocycles. The molecule has 126 valence electrons. The minimum absolute atomic E-state index is 0.205. The second-order valence-corrected chi connectivity index (χ2v) is 6.11. The Kier molecular flexibility index (Phi) is 11.0. The van der Waals surface area contributed by atoms with Crippen LogP contribution in [0.3, 0.4) is 0 Å². The van der Waals surface area contributed by atoms with Crippen LogP contribution in [0.15, 0.2) is 24.3 Å². The second kappa shape index (κ2) is 12.7. The van der Waals surface area contributed by atoms with Crippen LogP contribution < -0.4 is 0 Å². The van der Waals surface area contributed by atoms with E-state index in [1.54, 1.807) is 0 Å². The number of rotatable bonds is 13. The first kappa shape index (κ1) is 19.2. The SMILES string of the molecule is CCCCCCOC(OCCCCCC)c1ccc(C)cc1. The maximum absolute atomic E-state index is 6.00. The molecule has 22 heavy (non-hydrogen) atoms. The zero-order chi connectivity index (χ0) is 16.0. The zero-order valence-electron chi connectivity index (χ0n) is 14.8. The molecule has 0 fully saturated rings. The summed E-state index contributed by atoms with van der Waals surface area (Å²) in [5.41, 5.74) is 2.41. The molecule has 2 nitrogen and oxygen atoms in total. The molecule has 2 heteroatoms. The monoisotopic (exact) mass is 306 g/mol. The van der Waals surface area contributed by atoms with Gasteiger partial charge in [0.15, 0.2) is 6.29 Å². The van der Waals surface area contributed by atoms with Crippen LogP contribution >= 0.6 is 0 Å². The highest BCUT2D eigenvalue weighted by atomic mass is 16.7. The van der Waals surface area contributed by atoms with E-state index in [9.17, 15) is 0 Å². The van der Waals surface area contributed by atoms with Crippen molar-refractivity contribution in [2.24, 2.45) is 0 Å². The van der Waals surface area contributed by atoms with Crippen LogP contribution in [0.5, 0.6) is 0 Å². The highest BCUT2D eigenvalue weighted by Crippen LogP contribution is 2.21. The number of benzene rings is 1. The maximum Gasteiger partial charge on any atom is 0.183 e. The van der Waals surface area contributed by atoms with Gasteiger partial charge in [-0.3, -0.25) is 0 Å². The van der Waals surface area contributed by atoms with Gasteiger partial charge in [-0.05, 0) is 19.8 Å². The summed E-state index contributed by atoms with van der Waals surface area (Å²) in [4.78, 5) is 0. The molecule has 0 aliphatic heterocycles. The number of aryl methyl sites for hydroxylation is 1. The van der Waals surface area contributed by atoms with Crippen molar-refractivity contribution in [1.82, 2.24) is 0 Å². The van der Waals surface area contributed by atoms with E-state index >= 15 is 0 Å². The van der Waals surface area contributed by atoms with Crippen molar-refractivity contribution in [2.45, 2.75) is 78.4 Å². The van der Waals surface area contributed by atoms with Gasteiger partial charge in [0.2, 0.25) is 0 Å². The van der Waals surface area contributed by atoms with Gasteiger partial charge in [-0.25, -0.2) is 0 Å². The molecule has 0 N–H and O–H groups in total. The number of unbranched alkanes of at least 4 members (excludes halogenated alkanes) is 6. The summed E-state index contributed by atoms with van der Waals surface area (Å²) < 4.78 is 12.0. The van der Waals surface area contributed by atoms with Gasteiger partial charge in [-0.15, -0.1) is 0 Å². The molecule has 0 aromatic heterocycles. The molecule has 0 aliphatic rings. The molecule has 0 amide bonds. The summed E-state index contributed by atoms with van der Waals surface area (Å²) in [6, 6.07) is 8.50. The first-order valence-corrected chi connectivity index (χ1v) is 9.07. The Morgan fingerprint density at radius 3 is 1.68 bits per heavy atom. The lowest BCUT2D eigenvalue weighted by Crippen LogP contribution is -2.11. The summed E-state index contributed by atoms with van der Waals surface area (Å²) in [6.07, 6.45) is 9.62. The Morgan fingerprint density at radius 1 is 0.727 bits per heavy atom. The fraction of sp³-hybridized carbons (Fsp3) is 0.700. The average Bonchev–Trinajstić information content (AvgIpc) is 2.53. The van der Waals surface area contributed by atoms with Gasteiger partial charge >= 0.3 is 0 Å². The highest BCUT2D eigenvalue weighted by Gasteiger charge is 2.12. The lowest BCUT2D eigenvalue weighted by Gasteiger charge is -2.19. The van der Waals surface area contributed by atoms with Gasteiger partial charge in [-0.1, -0.05) is 82.2 Å². The van der Waals surface area contributed by atoms with Gasteiger partial charge in [0, 0.05) is 5.56 Å². The molecule has 0 saturated heterocycles. The normalized spacial score (nSPS) is 11.3. The van der Waals surface area contributed by atoms with E-state index in [-0.39, 0.29) is 6.29 Å².